The molecule has 5 heteroatoms. The van der Waals surface area contributed by atoms with Gasteiger partial charge in [-0.2, -0.15) is 5.11 Å². The summed E-state index contributed by atoms with van der Waals surface area (Å²) in [6.45, 7) is 1.10. The standard InChI is InChI=1S/C10H11BrNO3/c1-10(13,12(14)15)9(7-11)8-5-3-2-4-6-8/h2-6,9H,7H2,1H3. The van der Waals surface area contributed by atoms with E-state index in [1.54, 1.807) is 24.3 Å². The first-order valence-electron chi connectivity index (χ1n) is 4.46. The molecule has 0 N–H and O–H groups in total. The number of nitro groups is 1. The zero-order valence-corrected chi connectivity index (χ0v) is 9.81. The molecule has 0 saturated heterocycles. The Balaban J connectivity index is 3.05. The molecule has 0 fully saturated rings. The van der Waals surface area contributed by atoms with E-state index in [2.05, 4.69) is 15.9 Å². The first kappa shape index (κ1) is 12.1. The molecule has 0 aromatic heterocycles. The lowest BCUT2D eigenvalue weighted by atomic mass is 9.92. The number of alkyl halides is 1. The number of rotatable bonds is 4. The van der Waals surface area contributed by atoms with E-state index in [4.69, 9.17) is 0 Å². The molecule has 15 heavy (non-hydrogen) atoms. The van der Waals surface area contributed by atoms with Crippen molar-refractivity contribution in [3.63, 3.8) is 0 Å². The van der Waals surface area contributed by atoms with Gasteiger partial charge in [0, 0.05) is 12.3 Å². The van der Waals surface area contributed by atoms with Crippen LogP contribution in [0.5, 0.6) is 0 Å². The monoisotopic (exact) mass is 272 g/mol. The highest BCUT2D eigenvalue weighted by atomic mass is 79.9. The summed E-state index contributed by atoms with van der Waals surface area (Å²) in [6.07, 6.45) is 0. The summed E-state index contributed by atoms with van der Waals surface area (Å²) >= 11 is 3.15. The molecular weight excluding hydrogens is 262 g/mol. The van der Waals surface area contributed by atoms with Gasteiger partial charge < -0.3 is 0 Å². The largest absolute Gasteiger partial charge is 0.356 e. The van der Waals surface area contributed by atoms with Gasteiger partial charge in [0.2, 0.25) is 0 Å². The Bertz CT molecular complexity index is 340. The van der Waals surface area contributed by atoms with E-state index < -0.39 is 16.6 Å². The maximum absolute atomic E-state index is 11.8. The minimum atomic E-state index is -2.20. The minimum Gasteiger partial charge on any atom is -0.261 e. The summed E-state index contributed by atoms with van der Waals surface area (Å²) in [5.74, 6) is -0.673. The fourth-order valence-corrected chi connectivity index (χ4v) is 2.33. The second-order valence-corrected chi connectivity index (χ2v) is 4.08. The molecule has 0 saturated carbocycles. The lowest BCUT2D eigenvalue weighted by molar-refractivity contribution is -0.635. The van der Waals surface area contributed by atoms with Gasteiger partial charge in [-0.15, -0.1) is 0 Å². The third-order valence-corrected chi connectivity index (χ3v) is 3.01. The Kier molecular flexibility index (Phi) is 3.82. The molecule has 0 heterocycles. The second-order valence-electron chi connectivity index (χ2n) is 3.43. The van der Waals surface area contributed by atoms with Crippen molar-refractivity contribution in [2.24, 2.45) is 0 Å². The van der Waals surface area contributed by atoms with E-state index in [1.807, 2.05) is 6.07 Å². The predicted octanol–water partition coefficient (Wildman–Crippen LogP) is 2.59. The lowest BCUT2D eigenvalue weighted by Gasteiger charge is -2.21. The van der Waals surface area contributed by atoms with Crippen LogP contribution in [0.1, 0.15) is 18.4 Å². The molecule has 0 aliphatic rings. The van der Waals surface area contributed by atoms with Gasteiger partial charge in [-0.3, -0.25) is 10.1 Å². The van der Waals surface area contributed by atoms with Gasteiger partial charge in [0.25, 0.3) is 0 Å². The topological polar surface area (TPSA) is 63.0 Å². The Morgan fingerprint density at radius 1 is 1.47 bits per heavy atom. The zero-order chi connectivity index (χ0) is 11.5. The Hall–Kier alpha value is -0.940. The molecular formula is C10H11BrNO3. The molecule has 0 bridgehead atoms. The first-order valence-corrected chi connectivity index (χ1v) is 5.58. The average molecular weight is 273 g/mol. The Labute approximate surface area is 96.2 Å². The van der Waals surface area contributed by atoms with E-state index in [-0.39, 0.29) is 5.33 Å². The molecule has 0 aliphatic carbocycles. The van der Waals surface area contributed by atoms with Gasteiger partial charge in [-0.25, -0.2) is 0 Å². The molecule has 4 nitrogen and oxygen atoms in total. The highest BCUT2D eigenvalue weighted by molar-refractivity contribution is 9.09. The maximum Gasteiger partial charge on any atom is 0.356 e. The fourth-order valence-electron chi connectivity index (χ4n) is 1.35. The molecule has 1 aromatic carbocycles. The highest BCUT2D eigenvalue weighted by Crippen LogP contribution is 2.30. The summed E-state index contributed by atoms with van der Waals surface area (Å²) < 4.78 is 0. The van der Waals surface area contributed by atoms with Gasteiger partial charge in [0.05, 0.1) is 10.8 Å². The minimum absolute atomic E-state index is 0.276. The fraction of sp³-hybridized carbons (Fsp3) is 0.400. The molecule has 0 spiro atoms. The molecule has 2 atom stereocenters. The number of hydrogen-bond donors (Lipinski definition) is 0. The Morgan fingerprint density at radius 2 is 2.00 bits per heavy atom. The highest BCUT2D eigenvalue weighted by Gasteiger charge is 2.46. The van der Waals surface area contributed by atoms with Crippen LogP contribution in [0.4, 0.5) is 0 Å². The molecule has 0 amide bonds. The summed E-state index contributed by atoms with van der Waals surface area (Å²) in [5, 5.41) is 22.7. The lowest BCUT2D eigenvalue weighted by Crippen LogP contribution is -2.40. The van der Waals surface area contributed by atoms with Crippen LogP contribution in [0, 0.1) is 10.1 Å². The van der Waals surface area contributed by atoms with E-state index in [1.165, 1.54) is 0 Å². The number of halogens is 1. The van der Waals surface area contributed by atoms with Crippen LogP contribution in [0.2, 0.25) is 0 Å². The smallest absolute Gasteiger partial charge is 0.261 e. The van der Waals surface area contributed by atoms with E-state index >= 15 is 0 Å². The van der Waals surface area contributed by atoms with E-state index in [0.29, 0.717) is 5.56 Å². The molecule has 1 aromatic rings. The maximum atomic E-state index is 11.8. The first-order chi connectivity index (χ1) is 7.00. The van der Waals surface area contributed by atoms with Crippen LogP contribution < -0.4 is 0 Å². The summed E-state index contributed by atoms with van der Waals surface area (Å²) in [5.41, 5.74) is -1.52. The van der Waals surface area contributed by atoms with E-state index in [0.717, 1.165) is 6.92 Å². The van der Waals surface area contributed by atoms with Crippen molar-refractivity contribution >= 4 is 15.9 Å². The van der Waals surface area contributed by atoms with Gasteiger partial charge in [0.15, 0.2) is 0 Å². The van der Waals surface area contributed by atoms with Crippen LogP contribution in [0.25, 0.3) is 0 Å². The molecule has 2 unspecified atom stereocenters. The van der Waals surface area contributed by atoms with Crippen LogP contribution in [0.3, 0.4) is 0 Å². The van der Waals surface area contributed by atoms with Gasteiger partial charge in [-0.1, -0.05) is 46.3 Å². The van der Waals surface area contributed by atoms with Crippen molar-refractivity contribution in [2.45, 2.75) is 18.6 Å². The third kappa shape index (κ3) is 2.54. The predicted molar refractivity (Wildman–Crippen MR) is 59.1 cm³/mol. The number of nitrogens with zero attached hydrogens (tertiary/aromatic N) is 1. The Morgan fingerprint density at radius 3 is 2.40 bits per heavy atom. The van der Waals surface area contributed by atoms with Gasteiger partial charge in [-0.05, 0) is 5.56 Å². The summed E-state index contributed by atoms with van der Waals surface area (Å²) in [6, 6.07) is 8.79. The number of benzene rings is 1. The quantitative estimate of drug-likeness (QED) is 0.366. The number of hydrogen-bond acceptors (Lipinski definition) is 2. The van der Waals surface area contributed by atoms with Crippen LogP contribution in [-0.2, 0) is 5.11 Å². The van der Waals surface area contributed by atoms with Crippen LogP contribution in [-0.4, -0.2) is 16.0 Å². The van der Waals surface area contributed by atoms with Crippen LogP contribution >= 0.6 is 15.9 Å². The van der Waals surface area contributed by atoms with Crippen molar-refractivity contribution in [3.8, 4) is 0 Å². The van der Waals surface area contributed by atoms with Crippen molar-refractivity contribution in [1.29, 1.82) is 0 Å². The van der Waals surface area contributed by atoms with Crippen molar-refractivity contribution in [2.75, 3.05) is 5.33 Å². The normalized spacial score (nSPS) is 16.7. The van der Waals surface area contributed by atoms with Crippen molar-refractivity contribution < 1.29 is 10.0 Å². The van der Waals surface area contributed by atoms with Crippen molar-refractivity contribution in [1.82, 2.24) is 0 Å². The average Bonchev–Trinajstić information content (AvgIpc) is 2.19. The van der Waals surface area contributed by atoms with Gasteiger partial charge in [0.1, 0.15) is 0 Å². The molecule has 1 rings (SSSR count). The zero-order valence-electron chi connectivity index (χ0n) is 8.22. The second kappa shape index (κ2) is 4.72. The summed E-state index contributed by atoms with van der Waals surface area (Å²) in [4.78, 5) is 9.90. The van der Waals surface area contributed by atoms with E-state index in [9.17, 15) is 15.2 Å². The SMILES string of the molecule is CC([O])(C(CBr)c1ccccc1)[N+](=O)[O-]. The molecule has 0 aliphatic heterocycles. The molecule has 81 valence electrons. The van der Waals surface area contributed by atoms with Crippen LogP contribution in [0.15, 0.2) is 30.3 Å². The molecule has 1 radical (unpaired) electrons. The third-order valence-electron chi connectivity index (χ3n) is 2.37. The van der Waals surface area contributed by atoms with Gasteiger partial charge >= 0.3 is 5.72 Å². The van der Waals surface area contributed by atoms with Crippen molar-refractivity contribution in [3.05, 3.63) is 46.0 Å². The summed E-state index contributed by atoms with van der Waals surface area (Å²) in [7, 11) is 0.